The van der Waals surface area contributed by atoms with Crippen molar-refractivity contribution in [2.24, 2.45) is 5.73 Å². The zero-order valence-corrected chi connectivity index (χ0v) is 9.55. The Morgan fingerprint density at radius 1 is 1.40 bits per heavy atom. The van der Waals surface area contributed by atoms with Crippen molar-refractivity contribution in [3.63, 3.8) is 0 Å². The van der Waals surface area contributed by atoms with Crippen molar-refractivity contribution in [3.8, 4) is 0 Å². The fourth-order valence-electron chi connectivity index (χ4n) is 1.20. The van der Waals surface area contributed by atoms with Gasteiger partial charge in [0, 0.05) is 5.75 Å². The van der Waals surface area contributed by atoms with Crippen molar-refractivity contribution < 1.29 is 9.53 Å². The molecule has 3 nitrogen and oxygen atoms in total. The number of hydrogen-bond acceptors (Lipinski definition) is 3. The molecular formula is C11H15NO2S. The second-order valence-electron chi connectivity index (χ2n) is 3.01. The molecule has 0 radical (unpaired) electrons. The smallest absolute Gasteiger partial charge is 0.404 e. The molecule has 0 bridgehead atoms. The summed E-state index contributed by atoms with van der Waals surface area (Å²) in [7, 11) is 0. The van der Waals surface area contributed by atoms with Crippen molar-refractivity contribution in [3.05, 3.63) is 35.4 Å². The number of carbonyl (C=O) groups excluding carboxylic acids is 1. The van der Waals surface area contributed by atoms with Crippen LogP contribution in [0.5, 0.6) is 0 Å². The summed E-state index contributed by atoms with van der Waals surface area (Å²) in [5, 5.41) is 0. The van der Waals surface area contributed by atoms with Crippen molar-refractivity contribution in [1.82, 2.24) is 0 Å². The van der Waals surface area contributed by atoms with Gasteiger partial charge in [-0.15, -0.1) is 0 Å². The van der Waals surface area contributed by atoms with Crippen LogP contribution < -0.4 is 5.73 Å². The number of thioether (sulfide) groups is 1. The molecule has 1 amide bonds. The summed E-state index contributed by atoms with van der Waals surface area (Å²) in [5.74, 6) is 2.01. The van der Waals surface area contributed by atoms with Crippen molar-refractivity contribution >= 4 is 17.9 Å². The summed E-state index contributed by atoms with van der Waals surface area (Å²) in [5.41, 5.74) is 7.15. The number of ether oxygens (including phenoxy) is 1. The van der Waals surface area contributed by atoms with Crippen molar-refractivity contribution in [1.29, 1.82) is 0 Å². The summed E-state index contributed by atoms with van der Waals surface area (Å²) in [4.78, 5) is 10.5. The molecule has 0 aliphatic heterocycles. The summed E-state index contributed by atoms with van der Waals surface area (Å²) >= 11 is 1.84. The SMILES string of the molecule is CCSCc1ccccc1COC(N)=O. The molecule has 0 aliphatic rings. The summed E-state index contributed by atoms with van der Waals surface area (Å²) < 4.78 is 4.78. The molecular weight excluding hydrogens is 210 g/mol. The highest BCUT2D eigenvalue weighted by atomic mass is 32.2. The molecule has 0 unspecified atom stereocenters. The molecule has 2 N–H and O–H groups in total. The molecule has 1 aromatic carbocycles. The van der Waals surface area contributed by atoms with E-state index in [2.05, 4.69) is 6.92 Å². The third-order valence-electron chi connectivity index (χ3n) is 1.95. The maximum Gasteiger partial charge on any atom is 0.404 e. The van der Waals surface area contributed by atoms with Crippen LogP contribution in [0.15, 0.2) is 24.3 Å². The Morgan fingerprint density at radius 3 is 2.67 bits per heavy atom. The van der Waals surface area contributed by atoms with Crippen LogP contribution in [-0.4, -0.2) is 11.8 Å². The van der Waals surface area contributed by atoms with E-state index in [1.54, 1.807) is 0 Å². The monoisotopic (exact) mass is 225 g/mol. The molecule has 15 heavy (non-hydrogen) atoms. The van der Waals surface area contributed by atoms with Crippen molar-refractivity contribution in [2.45, 2.75) is 19.3 Å². The van der Waals surface area contributed by atoms with E-state index in [0.29, 0.717) is 0 Å². The van der Waals surface area contributed by atoms with Crippen LogP contribution in [0.25, 0.3) is 0 Å². The van der Waals surface area contributed by atoms with E-state index >= 15 is 0 Å². The van der Waals surface area contributed by atoms with Gasteiger partial charge in [0.1, 0.15) is 6.61 Å². The van der Waals surface area contributed by atoms with Gasteiger partial charge < -0.3 is 10.5 Å². The van der Waals surface area contributed by atoms with E-state index in [-0.39, 0.29) is 6.61 Å². The first kappa shape index (κ1) is 11.9. The van der Waals surface area contributed by atoms with E-state index in [0.717, 1.165) is 17.1 Å². The van der Waals surface area contributed by atoms with Gasteiger partial charge in [0.2, 0.25) is 0 Å². The van der Waals surface area contributed by atoms with Gasteiger partial charge in [-0.1, -0.05) is 31.2 Å². The van der Waals surface area contributed by atoms with Gasteiger partial charge in [-0.05, 0) is 16.9 Å². The Morgan fingerprint density at radius 2 is 2.07 bits per heavy atom. The fourth-order valence-corrected chi connectivity index (χ4v) is 1.91. The van der Waals surface area contributed by atoms with Crippen LogP contribution in [0.4, 0.5) is 4.79 Å². The summed E-state index contributed by atoms with van der Waals surface area (Å²) in [6, 6.07) is 7.91. The third kappa shape index (κ3) is 4.25. The van der Waals surface area contributed by atoms with E-state index in [4.69, 9.17) is 10.5 Å². The van der Waals surface area contributed by atoms with E-state index in [9.17, 15) is 4.79 Å². The summed E-state index contributed by atoms with van der Waals surface area (Å²) in [6.45, 7) is 2.38. The van der Waals surface area contributed by atoms with Gasteiger partial charge in [-0.3, -0.25) is 0 Å². The van der Waals surface area contributed by atoms with Crippen LogP contribution >= 0.6 is 11.8 Å². The molecule has 0 aliphatic carbocycles. The Labute approximate surface area is 94.0 Å². The highest BCUT2D eigenvalue weighted by Gasteiger charge is 2.03. The topological polar surface area (TPSA) is 52.3 Å². The van der Waals surface area contributed by atoms with Crippen LogP contribution in [0.2, 0.25) is 0 Å². The largest absolute Gasteiger partial charge is 0.445 e. The van der Waals surface area contributed by atoms with Gasteiger partial charge in [-0.25, -0.2) is 4.79 Å². The first-order valence-electron chi connectivity index (χ1n) is 4.80. The Balaban J connectivity index is 2.63. The lowest BCUT2D eigenvalue weighted by atomic mass is 10.1. The van der Waals surface area contributed by atoms with E-state index in [1.807, 2.05) is 36.0 Å². The molecule has 0 fully saturated rings. The highest BCUT2D eigenvalue weighted by molar-refractivity contribution is 7.98. The molecule has 0 saturated carbocycles. The zero-order valence-electron chi connectivity index (χ0n) is 8.73. The van der Waals surface area contributed by atoms with Crippen LogP contribution in [0.3, 0.4) is 0 Å². The van der Waals surface area contributed by atoms with Crippen LogP contribution in [0, 0.1) is 0 Å². The molecule has 4 heteroatoms. The Kier molecular flexibility index (Phi) is 5.04. The lowest BCUT2D eigenvalue weighted by molar-refractivity contribution is 0.150. The quantitative estimate of drug-likeness (QED) is 0.837. The molecule has 1 aromatic rings. The van der Waals surface area contributed by atoms with Gasteiger partial charge >= 0.3 is 6.09 Å². The number of carbonyl (C=O) groups is 1. The number of benzene rings is 1. The molecule has 0 aromatic heterocycles. The highest BCUT2D eigenvalue weighted by Crippen LogP contribution is 2.17. The van der Waals surface area contributed by atoms with Gasteiger partial charge in [-0.2, -0.15) is 11.8 Å². The maximum atomic E-state index is 10.5. The summed E-state index contributed by atoms with van der Waals surface area (Å²) in [6.07, 6.45) is -0.729. The molecule has 1 rings (SSSR count). The molecule has 0 heterocycles. The molecule has 0 atom stereocenters. The second-order valence-corrected chi connectivity index (χ2v) is 4.29. The lowest BCUT2D eigenvalue weighted by Gasteiger charge is -2.08. The standard InChI is InChI=1S/C11H15NO2S/c1-2-15-8-10-6-4-3-5-9(10)7-14-11(12)13/h3-6H,2,7-8H2,1H3,(H2,12,13). The van der Waals surface area contributed by atoms with Gasteiger partial charge in [0.15, 0.2) is 0 Å². The molecule has 0 saturated heterocycles. The first-order chi connectivity index (χ1) is 7.24. The number of hydrogen-bond donors (Lipinski definition) is 1. The minimum Gasteiger partial charge on any atom is -0.445 e. The number of rotatable bonds is 5. The predicted molar refractivity (Wildman–Crippen MR) is 62.7 cm³/mol. The van der Waals surface area contributed by atoms with E-state index < -0.39 is 6.09 Å². The molecule has 0 spiro atoms. The zero-order chi connectivity index (χ0) is 11.1. The minimum atomic E-state index is -0.729. The Hall–Kier alpha value is -1.16. The fraction of sp³-hybridized carbons (Fsp3) is 0.364. The predicted octanol–water partition coefficient (Wildman–Crippen LogP) is 2.53. The maximum absolute atomic E-state index is 10.5. The average molecular weight is 225 g/mol. The van der Waals surface area contributed by atoms with Crippen molar-refractivity contribution in [2.75, 3.05) is 5.75 Å². The second kappa shape index (κ2) is 6.35. The average Bonchev–Trinajstić information content (AvgIpc) is 2.24. The Bertz CT molecular complexity index is 328. The van der Waals surface area contributed by atoms with Crippen LogP contribution in [0.1, 0.15) is 18.1 Å². The lowest BCUT2D eigenvalue weighted by Crippen LogP contribution is -2.13. The number of primary amides is 1. The first-order valence-corrected chi connectivity index (χ1v) is 5.96. The van der Waals surface area contributed by atoms with Gasteiger partial charge in [0.05, 0.1) is 0 Å². The normalized spacial score (nSPS) is 9.93. The number of nitrogens with two attached hydrogens (primary N) is 1. The minimum absolute atomic E-state index is 0.260. The van der Waals surface area contributed by atoms with E-state index in [1.165, 1.54) is 5.56 Å². The third-order valence-corrected chi connectivity index (χ3v) is 2.87. The number of amides is 1. The van der Waals surface area contributed by atoms with Gasteiger partial charge in [0.25, 0.3) is 0 Å². The van der Waals surface area contributed by atoms with Crippen LogP contribution in [-0.2, 0) is 17.1 Å². The molecule has 82 valence electrons.